The topological polar surface area (TPSA) is 57.7 Å². The second-order valence-electron chi connectivity index (χ2n) is 4.57. The molecule has 0 aliphatic carbocycles. The second kappa shape index (κ2) is 4.97. The fourth-order valence-corrected chi connectivity index (χ4v) is 2.93. The quantitative estimate of drug-likeness (QED) is 0.793. The first-order valence-corrected chi connectivity index (χ1v) is 7.03. The lowest BCUT2D eigenvalue weighted by molar-refractivity contribution is 0.682. The van der Waals surface area contributed by atoms with Crippen molar-refractivity contribution in [1.29, 1.82) is 0 Å². The summed E-state index contributed by atoms with van der Waals surface area (Å²) < 4.78 is 0. The van der Waals surface area contributed by atoms with Crippen molar-refractivity contribution in [3.63, 3.8) is 0 Å². The van der Waals surface area contributed by atoms with Crippen molar-refractivity contribution in [2.24, 2.45) is 0 Å². The third-order valence-electron chi connectivity index (χ3n) is 3.30. The first-order valence-electron chi connectivity index (χ1n) is 6.15. The molecule has 3 aromatic rings. The molecule has 3 heterocycles. The number of anilines is 1. The van der Waals surface area contributed by atoms with Crippen molar-refractivity contribution in [3.8, 4) is 0 Å². The average Bonchev–Trinajstić information content (AvgIpc) is 3.07. The van der Waals surface area contributed by atoms with Crippen LogP contribution >= 0.6 is 11.3 Å². The molecule has 0 radical (unpaired) electrons. The summed E-state index contributed by atoms with van der Waals surface area (Å²) in [6, 6.07) is 4.63. The van der Waals surface area contributed by atoms with E-state index in [1.807, 2.05) is 0 Å². The number of likely N-dealkylation sites (N-methyl/N-ethyl adjacent to an activating group) is 1. The molecule has 0 aromatic carbocycles. The highest BCUT2D eigenvalue weighted by Crippen LogP contribution is 2.23. The maximum Gasteiger partial charge on any atom is 0.160 e. The number of hydrogen-bond donors (Lipinski definition) is 1. The SMILES string of the molecule is CC(Cc1cccs1)N(C)c1ncnc2[nH]ncc12. The first kappa shape index (κ1) is 12.1. The molecule has 3 rings (SSSR count). The molecule has 0 amide bonds. The normalized spacial score (nSPS) is 12.7. The molecular weight excluding hydrogens is 258 g/mol. The molecule has 3 aromatic heterocycles. The van der Waals surface area contributed by atoms with E-state index < -0.39 is 0 Å². The summed E-state index contributed by atoms with van der Waals surface area (Å²) in [5.41, 5.74) is 0.778. The fourth-order valence-electron chi connectivity index (χ4n) is 2.10. The Kier molecular flexibility index (Phi) is 3.16. The molecular formula is C13H15N5S. The van der Waals surface area contributed by atoms with Crippen molar-refractivity contribution in [3.05, 3.63) is 34.9 Å². The highest BCUT2D eigenvalue weighted by Gasteiger charge is 2.16. The second-order valence-corrected chi connectivity index (χ2v) is 5.61. The van der Waals surface area contributed by atoms with Crippen LogP contribution in [-0.2, 0) is 6.42 Å². The lowest BCUT2D eigenvalue weighted by Crippen LogP contribution is -2.31. The highest BCUT2D eigenvalue weighted by molar-refractivity contribution is 7.09. The van der Waals surface area contributed by atoms with Gasteiger partial charge >= 0.3 is 0 Å². The van der Waals surface area contributed by atoms with Crippen molar-refractivity contribution < 1.29 is 0 Å². The third-order valence-corrected chi connectivity index (χ3v) is 4.20. The number of nitrogens with zero attached hydrogens (tertiary/aromatic N) is 4. The Bertz CT molecular complexity index is 661. The van der Waals surface area contributed by atoms with Gasteiger partial charge in [0.05, 0.1) is 11.6 Å². The lowest BCUT2D eigenvalue weighted by atomic mass is 10.2. The third kappa shape index (κ3) is 2.31. The van der Waals surface area contributed by atoms with Crippen molar-refractivity contribution in [2.45, 2.75) is 19.4 Å². The molecule has 19 heavy (non-hydrogen) atoms. The van der Waals surface area contributed by atoms with E-state index in [2.05, 4.69) is 56.5 Å². The summed E-state index contributed by atoms with van der Waals surface area (Å²) in [6.45, 7) is 2.20. The lowest BCUT2D eigenvalue weighted by Gasteiger charge is -2.25. The Morgan fingerprint density at radius 2 is 2.32 bits per heavy atom. The maximum atomic E-state index is 4.39. The van der Waals surface area contributed by atoms with Crippen LogP contribution in [0.5, 0.6) is 0 Å². The maximum absolute atomic E-state index is 4.39. The number of fused-ring (bicyclic) bond motifs is 1. The zero-order chi connectivity index (χ0) is 13.2. The van der Waals surface area contributed by atoms with E-state index in [0.717, 1.165) is 23.3 Å². The van der Waals surface area contributed by atoms with Gasteiger partial charge in [-0.2, -0.15) is 5.10 Å². The number of thiophene rings is 1. The van der Waals surface area contributed by atoms with Crippen LogP contribution in [0.25, 0.3) is 11.0 Å². The summed E-state index contributed by atoms with van der Waals surface area (Å²) in [5, 5.41) is 9.97. The molecule has 0 aliphatic rings. The van der Waals surface area contributed by atoms with Gasteiger partial charge in [-0.05, 0) is 18.4 Å². The van der Waals surface area contributed by atoms with Crippen LogP contribution in [0.2, 0.25) is 0 Å². The van der Waals surface area contributed by atoms with Crippen molar-refractivity contribution >= 4 is 28.2 Å². The zero-order valence-corrected chi connectivity index (χ0v) is 11.7. The molecule has 0 bridgehead atoms. The Balaban J connectivity index is 1.86. The highest BCUT2D eigenvalue weighted by atomic mass is 32.1. The van der Waals surface area contributed by atoms with Gasteiger partial charge in [0.15, 0.2) is 5.65 Å². The van der Waals surface area contributed by atoms with E-state index >= 15 is 0 Å². The van der Waals surface area contributed by atoms with Gasteiger partial charge in [0.25, 0.3) is 0 Å². The van der Waals surface area contributed by atoms with Gasteiger partial charge in [-0.1, -0.05) is 6.07 Å². The predicted octanol–water partition coefficient (Wildman–Crippen LogP) is 2.48. The van der Waals surface area contributed by atoms with Crippen LogP contribution in [0.4, 0.5) is 5.82 Å². The fraction of sp³-hybridized carbons (Fsp3) is 0.308. The molecule has 0 saturated carbocycles. The summed E-state index contributed by atoms with van der Waals surface area (Å²) in [4.78, 5) is 12.1. The van der Waals surface area contributed by atoms with E-state index in [1.54, 1.807) is 23.9 Å². The largest absolute Gasteiger partial charge is 0.356 e. The molecule has 6 heteroatoms. The molecule has 0 saturated heterocycles. The van der Waals surface area contributed by atoms with Gasteiger partial charge in [0.1, 0.15) is 12.1 Å². The molecule has 0 fully saturated rings. The van der Waals surface area contributed by atoms with Crippen LogP contribution in [-0.4, -0.2) is 33.3 Å². The standard InChI is InChI=1S/C13H15N5S/c1-9(6-10-4-3-5-19-10)18(2)13-11-7-16-17-12(11)14-8-15-13/h3-5,7-9H,6H2,1-2H3,(H,14,15,16,17). The zero-order valence-electron chi connectivity index (χ0n) is 10.9. The Hall–Kier alpha value is -1.95. The summed E-state index contributed by atoms with van der Waals surface area (Å²) in [6.07, 6.45) is 4.36. The molecule has 1 atom stereocenters. The summed E-state index contributed by atoms with van der Waals surface area (Å²) in [7, 11) is 2.06. The Morgan fingerprint density at radius 3 is 3.11 bits per heavy atom. The summed E-state index contributed by atoms with van der Waals surface area (Å²) in [5.74, 6) is 0.919. The smallest absolute Gasteiger partial charge is 0.160 e. The van der Waals surface area contributed by atoms with Gasteiger partial charge in [0.2, 0.25) is 0 Å². The number of hydrogen-bond acceptors (Lipinski definition) is 5. The van der Waals surface area contributed by atoms with E-state index in [-0.39, 0.29) is 0 Å². The minimum absolute atomic E-state index is 0.367. The van der Waals surface area contributed by atoms with E-state index in [0.29, 0.717) is 6.04 Å². The number of aromatic nitrogens is 4. The van der Waals surface area contributed by atoms with Crippen LogP contribution in [0.3, 0.4) is 0 Å². The van der Waals surface area contributed by atoms with Crippen molar-refractivity contribution in [1.82, 2.24) is 20.2 Å². The first-order chi connectivity index (χ1) is 9.25. The molecule has 98 valence electrons. The monoisotopic (exact) mass is 273 g/mol. The van der Waals surface area contributed by atoms with Crippen molar-refractivity contribution in [2.75, 3.05) is 11.9 Å². The van der Waals surface area contributed by atoms with Gasteiger partial charge in [-0.15, -0.1) is 11.3 Å². The van der Waals surface area contributed by atoms with Gasteiger partial charge in [0, 0.05) is 24.4 Å². The average molecular weight is 273 g/mol. The summed E-state index contributed by atoms with van der Waals surface area (Å²) >= 11 is 1.79. The van der Waals surface area contributed by atoms with Crippen LogP contribution in [0, 0.1) is 0 Å². The Labute approximate surface area is 115 Å². The van der Waals surface area contributed by atoms with Gasteiger partial charge in [-0.25, -0.2) is 9.97 Å². The molecule has 1 N–H and O–H groups in total. The number of H-pyrrole nitrogens is 1. The van der Waals surface area contributed by atoms with Gasteiger partial charge < -0.3 is 4.90 Å². The van der Waals surface area contributed by atoms with Crippen LogP contribution < -0.4 is 4.90 Å². The van der Waals surface area contributed by atoms with E-state index in [9.17, 15) is 0 Å². The van der Waals surface area contributed by atoms with E-state index in [4.69, 9.17) is 0 Å². The predicted molar refractivity (Wildman–Crippen MR) is 77.6 cm³/mol. The number of aromatic amines is 1. The van der Waals surface area contributed by atoms with Crippen LogP contribution in [0.1, 0.15) is 11.8 Å². The van der Waals surface area contributed by atoms with Crippen LogP contribution in [0.15, 0.2) is 30.0 Å². The molecule has 0 spiro atoms. The number of nitrogens with one attached hydrogen (secondary N) is 1. The minimum atomic E-state index is 0.367. The molecule has 0 aliphatic heterocycles. The number of rotatable bonds is 4. The van der Waals surface area contributed by atoms with Gasteiger partial charge in [-0.3, -0.25) is 5.10 Å². The minimum Gasteiger partial charge on any atom is -0.356 e. The van der Waals surface area contributed by atoms with E-state index in [1.165, 1.54) is 4.88 Å². The molecule has 1 unspecified atom stereocenters. The molecule has 5 nitrogen and oxygen atoms in total. The Morgan fingerprint density at radius 1 is 1.42 bits per heavy atom.